The summed E-state index contributed by atoms with van der Waals surface area (Å²) in [6, 6.07) is 0. The molecule has 3 fully saturated rings. The van der Waals surface area contributed by atoms with Gasteiger partial charge in [-0.2, -0.15) is 0 Å². The number of fused-ring (bicyclic) bond motifs is 5. The van der Waals surface area contributed by atoms with Crippen LogP contribution in [-0.2, 0) is 4.79 Å². The number of hydrogen-bond acceptors (Lipinski definition) is 3. The molecule has 0 radical (unpaired) electrons. The van der Waals surface area contributed by atoms with Crippen LogP contribution < -0.4 is 0 Å². The minimum Gasteiger partial charge on any atom is -0.393 e. The fourth-order valence-electron chi connectivity index (χ4n) is 6.66. The molecule has 0 aromatic heterocycles. The predicted molar refractivity (Wildman–Crippen MR) is 84.1 cm³/mol. The maximum atomic E-state index is 11.8. The van der Waals surface area contributed by atoms with Crippen LogP contribution in [0.25, 0.3) is 0 Å². The van der Waals surface area contributed by atoms with Gasteiger partial charge in [0.2, 0.25) is 0 Å². The maximum absolute atomic E-state index is 11.8. The van der Waals surface area contributed by atoms with E-state index < -0.39 is 0 Å². The van der Waals surface area contributed by atoms with Crippen molar-refractivity contribution in [3.8, 4) is 0 Å². The van der Waals surface area contributed by atoms with Crippen molar-refractivity contribution in [1.29, 1.82) is 0 Å². The van der Waals surface area contributed by atoms with Crippen LogP contribution in [0.15, 0.2) is 11.6 Å². The number of allylic oxidation sites excluding steroid dienone is 1. The van der Waals surface area contributed by atoms with Crippen LogP contribution in [0, 0.1) is 28.6 Å². The summed E-state index contributed by atoms with van der Waals surface area (Å²) >= 11 is 0. The van der Waals surface area contributed by atoms with E-state index in [0.717, 1.165) is 38.5 Å². The molecular weight excluding hydrogens is 276 g/mol. The van der Waals surface area contributed by atoms with E-state index in [0.29, 0.717) is 18.3 Å². The lowest BCUT2D eigenvalue weighted by Crippen LogP contribution is -2.57. The number of carbonyl (C=O) groups is 1. The van der Waals surface area contributed by atoms with E-state index in [2.05, 4.69) is 13.8 Å². The number of rotatable bonds is 0. The molecule has 7 atom stereocenters. The second-order valence-electron chi connectivity index (χ2n) is 8.76. The van der Waals surface area contributed by atoms with Gasteiger partial charge in [-0.25, -0.2) is 0 Å². The first-order valence-corrected chi connectivity index (χ1v) is 8.96. The molecule has 0 heterocycles. The van der Waals surface area contributed by atoms with E-state index in [1.54, 1.807) is 0 Å². The molecule has 0 saturated heterocycles. The molecule has 0 spiro atoms. The van der Waals surface area contributed by atoms with Gasteiger partial charge in [0.05, 0.1) is 12.2 Å². The average Bonchev–Trinajstić information content (AvgIpc) is 2.75. The number of hydrogen-bond donors (Lipinski definition) is 2. The third kappa shape index (κ3) is 1.78. The lowest BCUT2D eigenvalue weighted by Gasteiger charge is -2.59. The van der Waals surface area contributed by atoms with Crippen LogP contribution in [0.2, 0.25) is 0 Å². The Kier molecular flexibility index (Phi) is 3.16. The summed E-state index contributed by atoms with van der Waals surface area (Å²) in [5, 5.41) is 21.4. The summed E-state index contributed by atoms with van der Waals surface area (Å²) in [6.45, 7) is 4.46. The number of aliphatic hydroxyl groups excluding tert-OH is 2. The Hall–Kier alpha value is -0.670. The lowest BCUT2D eigenvalue weighted by molar-refractivity contribution is -0.142. The van der Waals surface area contributed by atoms with E-state index in [1.807, 2.05) is 6.08 Å². The third-order valence-corrected chi connectivity index (χ3v) is 7.84. The van der Waals surface area contributed by atoms with Crippen LogP contribution >= 0.6 is 0 Å². The Labute approximate surface area is 132 Å². The average molecular weight is 304 g/mol. The second-order valence-corrected chi connectivity index (χ2v) is 8.76. The van der Waals surface area contributed by atoms with Crippen molar-refractivity contribution >= 4 is 5.78 Å². The van der Waals surface area contributed by atoms with Crippen molar-refractivity contribution in [2.24, 2.45) is 28.6 Å². The Morgan fingerprint density at radius 3 is 2.68 bits per heavy atom. The quantitative estimate of drug-likeness (QED) is 0.723. The van der Waals surface area contributed by atoms with Crippen molar-refractivity contribution < 1.29 is 15.0 Å². The Bertz CT molecular complexity index is 539. The molecule has 122 valence electrons. The van der Waals surface area contributed by atoms with Crippen LogP contribution in [0.4, 0.5) is 0 Å². The summed E-state index contributed by atoms with van der Waals surface area (Å²) in [5.41, 5.74) is 1.17. The Morgan fingerprint density at radius 2 is 1.91 bits per heavy atom. The molecule has 0 unspecified atom stereocenters. The highest BCUT2D eigenvalue weighted by Gasteiger charge is 2.61. The highest BCUT2D eigenvalue weighted by Crippen LogP contribution is 2.65. The molecule has 3 heteroatoms. The minimum absolute atomic E-state index is 0.00881. The summed E-state index contributed by atoms with van der Waals surface area (Å²) in [7, 11) is 0. The topological polar surface area (TPSA) is 57.5 Å². The monoisotopic (exact) mass is 304 g/mol. The highest BCUT2D eigenvalue weighted by molar-refractivity contribution is 5.91. The molecule has 4 rings (SSSR count). The zero-order valence-corrected chi connectivity index (χ0v) is 13.7. The molecule has 0 amide bonds. The zero-order chi connectivity index (χ0) is 15.7. The van der Waals surface area contributed by atoms with E-state index >= 15 is 0 Å². The molecule has 4 aliphatic rings. The SMILES string of the molecule is C[C@]12C[C@@H](O)[C@H]3[C@@H](CCC4=CC(=O)CC[C@@]43C)[C@@H]1CC[C@H]2O. The molecule has 3 nitrogen and oxygen atoms in total. The molecule has 0 bridgehead atoms. The Morgan fingerprint density at radius 1 is 1.14 bits per heavy atom. The first-order valence-electron chi connectivity index (χ1n) is 8.96. The number of aliphatic hydroxyl groups is 2. The normalized spacial score (nSPS) is 54.3. The number of ketones is 1. The van der Waals surface area contributed by atoms with Crippen LogP contribution in [-0.4, -0.2) is 28.2 Å². The van der Waals surface area contributed by atoms with Crippen molar-refractivity contribution in [2.45, 2.75) is 71.0 Å². The second kappa shape index (κ2) is 4.67. The fraction of sp³-hybridized carbons (Fsp3) is 0.842. The summed E-state index contributed by atoms with van der Waals surface area (Å²) in [4.78, 5) is 11.8. The van der Waals surface area contributed by atoms with Gasteiger partial charge in [-0.3, -0.25) is 4.79 Å². The van der Waals surface area contributed by atoms with Gasteiger partial charge in [-0.15, -0.1) is 0 Å². The third-order valence-electron chi connectivity index (χ3n) is 7.84. The van der Waals surface area contributed by atoms with E-state index in [-0.39, 0.29) is 34.7 Å². The maximum Gasteiger partial charge on any atom is 0.155 e. The van der Waals surface area contributed by atoms with Gasteiger partial charge >= 0.3 is 0 Å². The van der Waals surface area contributed by atoms with Crippen LogP contribution in [0.1, 0.15) is 58.8 Å². The predicted octanol–water partition coefficient (Wildman–Crippen LogP) is 2.85. The first kappa shape index (κ1) is 14.9. The van der Waals surface area contributed by atoms with Crippen LogP contribution in [0.5, 0.6) is 0 Å². The largest absolute Gasteiger partial charge is 0.393 e. The van der Waals surface area contributed by atoms with Crippen molar-refractivity contribution in [2.75, 3.05) is 0 Å². The molecule has 2 N–H and O–H groups in total. The van der Waals surface area contributed by atoms with E-state index in [4.69, 9.17) is 0 Å². The van der Waals surface area contributed by atoms with Crippen LogP contribution in [0.3, 0.4) is 0 Å². The Balaban J connectivity index is 1.74. The van der Waals surface area contributed by atoms with Gasteiger partial charge in [-0.05, 0) is 73.2 Å². The summed E-state index contributed by atoms with van der Waals surface area (Å²) in [5.74, 6) is 1.56. The van der Waals surface area contributed by atoms with Gasteiger partial charge in [0, 0.05) is 6.42 Å². The highest BCUT2D eigenvalue weighted by atomic mass is 16.3. The smallest absolute Gasteiger partial charge is 0.155 e. The summed E-state index contributed by atoms with van der Waals surface area (Å²) in [6.07, 6.45) is 7.56. The van der Waals surface area contributed by atoms with Crippen molar-refractivity contribution in [3.05, 3.63) is 11.6 Å². The van der Waals surface area contributed by atoms with Gasteiger partial charge in [0.1, 0.15) is 0 Å². The lowest BCUT2D eigenvalue weighted by atomic mass is 9.46. The molecule has 0 aromatic carbocycles. The van der Waals surface area contributed by atoms with Gasteiger partial charge in [0.15, 0.2) is 5.78 Å². The molecule has 0 aliphatic heterocycles. The fourth-order valence-corrected chi connectivity index (χ4v) is 6.66. The van der Waals surface area contributed by atoms with Gasteiger partial charge in [-0.1, -0.05) is 19.4 Å². The molecule has 3 saturated carbocycles. The zero-order valence-electron chi connectivity index (χ0n) is 13.7. The van der Waals surface area contributed by atoms with Gasteiger partial charge in [0.25, 0.3) is 0 Å². The van der Waals surface area contributed by atoms with Crippen molar-refractivity contribution in [1.82, 2.24) is 0 Å². The standard InChI is InChI=1S/C19H28O3/c1-18-8-7-12(20)9-11(18)3-4-13-14-5-6-16(22)19(14,2)10-15(21)17(13)18/h9,13-17,21-22H,3-8,10H2,1-2H3/t13-,14-,15+,16+,17+,18-,19-/m0/s1. The molecule has 22 heavy (non-hydrogen) atoms. The van der Waals surface area contributed by atoms with Gasteiger partial charge < -0.3 is 10.2 Å². The summed E-state index contributed by atoms with van der Waals surface area (Å²) < 4.78 is 0. The molecular formula is C19H28O3. The first-order chi connectivity index (χ1) is 10.4. The van der Waals surface area contributed by atoms with E-state index in [9.17, 15) is 15.0 Å². The molecule has 4 aliphatic carbocycles. The van der Waals surface area contributed by atoms with E-state index in [1.165, 1.54) is 5.57 Å². The van der Waals surface area contributed by atoms with Crippen molar-refractivity contribution in [3.63, 3.8) is 0 Å². The number of carbonyl (C=O) groups excluding carboxylic acids is 1. The minimum atomic E-state index is -0.346. The molecule has 0 aromatic rings.